The van der Waals surface area contributed by atoms with Gasteiger partial charge < -0.3 is 5.32 Å². The lowest BCUT2D eigenvalue weighted by atomic mass is 10.1. The second kappa shape index (κ2) is 4.90. The standard InChI is InChI=1S/C12H16N4/c1-10(2)13-9-11-5-3-4-6-12(11)16-14-7-8-15-16/h3-8,10,13H,9H2,1-2H3. The number of hydrogen-bond donors (Lipinski definition) is 1. The molecular weight excluding hydrogens is 200 g/mol. The SMILES string of the molecule is CC(C)NCc1ccccc1-n1nccn1. The number of hydrogen-bond acceptors (Lipinski definition) is 3. The highest BCUT2D eigenvalue weighted by atomic mass is 15.5. The molecule has 2 rings (SSSR count). The van der Waals surface area contributed by atoms with Gasteiger partial charge in [0, 0.05) is 12.6 Å². The van der Waals surface area contributed by atoms with Crippen molar-refractivity contribution in [3.8, 4) is 5.69 Å². The van der Waals surface area contributed by atoms with Crippen LogP contribution in [0.2, 0.25) is 0 Å². The molecule has 0 fully saturated rings. The van der Waals surface area contributed by atoms with E-state index in [1.165, 1.54) is 5.56 Å². The first-order chi connectivity index (χ1) is 7.77. The summed E-state index contributed by atoms with van der Waals surface area (Å²) in [6.07, 6.45) is 3.37. The summed E-state index contributed by atoms with van der Waals surface area (Å²) in [5.41, 5.74) is 2.23. The van der Waals surface area contributed by atoms with Gasteiger partial charge in [-0.15, -0.1) is 0 Å². The average Bonchev–Trinajstić information content (AvgIpc) is 2.80. The molecule has 0 saturated carbocycles. The van der Waals surface area contributed by atoms with Gasteiger partial charge in [-0.2, -0.15) is 15.0 Å². The van der Waals surface area contributed by atoms with E-state index in [0.29, 0.717) is 6.04 Å². The third kappa shape index (κ3) is 2.46. The lowest BCUT2D eigenvalue weighted by molar-refractivity contribution is 0.584. The lowest BCUT2D eigenvalue weighted by Gasteiger charge is -2.11. The Morgan fingerprint density at radius 2 is 1.88 bits per heavy atom. The van der Waals surface area contributed by atoms with Crippen LogP contribution < -0.4 is 5.32 Å². The second-order valence-electron chi connectivity index (χ2n) is 3.98. The fraction of sp³-hybridized carbons (Fsp3) is 0.333. The summed E-state index contributed by atoms with van der Waals surface area (Å²) < 4.78 is 0. The Kier molecular flexibility index (Phi) is 3.31. The molecule has 0 bridgehead atoms. The molecule has 1 heterocycles. The van der Waals surface area contributed by atoms with Crippen molar-refractivity contribution < 1.29 is 0 Å². The molecule has 0 amide bonds. The van der Waals surface area contributed by atoms with Gasteiger partial charge >= 0.3 is 0 Å². The molecule has 2 aromatic rings. The van der Waals surface area contributed by atoms with Crippen LogP contribution in [0.1, 0.15) is 19.4 Å². The predicted octanol–water partition coefficient (Wildman–Crippen LogP) is 1.77. The van der Waals surface area contributed by atoms with Crippen molar-refractivity contribution in [2.45, 2.75) is 26.4 Å². The van der Waals surface area contributed by atoms with Gasteiger partial charge in [-0.3, -0.25) is 0 Å². The number of nitrogens with one attached hydrogen (secondary N) is 1. The van der Waals surface area contributed by atoms with Gasteiger partial charge in [0.25, 0.3) is 0 Å². The minimum Gasteiger partial charge on any atom is -0.310 e. The Morgan fingerprint density at radius 3 is 2.56 bits per heavy atom. The minimum atomic E-state index is 0.471. The molecule has 4 heteroatoms. The number of nitrogens with zero attached hydrogens (tertiary/aromatic N) is 3. The van der Waals surface area contributed by atoms with E-state index in [-0.39, 0.29) is 0 Å². The van der Waals surface area contributed by atoms with Crippen molar-refractivity contribution in [3.63, 3.8) is 0 Å². The number of benzene rings is 1. The first-order valence-electron chi connectivity index (χ1n) is 5.45. The van der Waals surface area contributed by atoms with E-state index in [4.69, 9.17) is 0 Å². The van der Waals surface area contributed by atoms with E-state index in [1.54, 1.807) is 17.2 Å². The molecule has 1 aromatic carbocycles. The maximum absolute atomic E-state index is 4.15. The molecule has 0 radical (unpaired) electrons. The van der Waals surface area contributed by atoms with Gasteiger partial charge in [0.2, 0.25) is 0 Å². The normalized spacial score (nSPS) is 10.9. The van der Waals surface area contributed by atoms with Crippen molar-refractivity contribution in [2.75, 3.05) is 0 Å². The molecular formula is C12H16N4. The molecule has 84 valence electrons. The third-order valence-electron chi connectivity index (χ3n) is 2.33. The molecule has 0 unspecified atom stereocenters. The molecule has 0 saturated heterocycles. The Hall–Kier alpha value is -1.68. The topological polar surface area (TPSA) is 42.7 Å². The van der Waals surface area contributed by atoms with Gasteiger partial charge in [-0.25, -0.2) is 0 Å². The molecule has 0 aliphatic carbocycles. The zero-order valence-electron chi connectivity index (χ0n) is 9.59. The second-order valence-corrected chi connectivity index (χ2v) is 3.98. The van der Waals surface area contributed by atoms with E-state index in [2.05, 4.69) is 35.4 Å². The number of para-hydroxylation sites is 1. The Balaban J connectivity index is 2.24. The van der Waals surface area contributed by atoms with Crippen LogP contribution in [0.3, 0.4) is 0 Å². The van der Waals surface area contributed by atoms with E-state index in [9.17, 15) is 0 Å². The smallest absolute Gasteiger partial charge is 0.0901 e. The van der Waals surface area contributed by atoms with E-state index in [0.717, 1.165) is 12.2 Å². The van der Waals surface area contributed by atoms with Crippen molar-refractivity contribution in [2.24, 2.45) is 0 Å². The molecule has 0 aliphatic rings. The zero-order chi connectivity index (χ0) is 11.4. The first kappa shape index (κ1) is 10.8. The maximum atomic E-state index is 4.15. The molecule has 1 aromatic heterocycles. The molecule has 0 atom stereocenters. The van der Waals surface area contributed by atoms with Crippen molar-refractivity contribution in [1.82, 2.24) is 20.3 Å². The summed E-state index contributed by atoms with van der Waals surface area (Å²) in [5.74, 6) is 0. The minimum absolute atomic E-state index is 0.471. The highest BCUT2D eigenvalue weighted by Crippen LogP contribution is 2.11. The maximum Gasteiger partial charge on any atom is 0.0901 e. The van der Waals surface area contributed by atoms with Crippen LogP contribution in [0.5, 0.6) is 0 Å². The lowest BCUT2D eigenvalue weighted by Crippen LogP contribution is -2.22. The van der Waals surface area contributed by atoms with Crippen LogP contribution in [0.25, 0.3) is 5.69 Å². The quantitative estimate of drug-likeness (QED) is 0.847. The highest BCUT2D eigenvalue weighted by Gasteiger charge is 2.05. The fourth-order valence-electron chi connectivity index (χ4n) is 1.51. The van der Waals surface area contributed by atoms with Crippen LogP contribution in [-0.4, -0.2) is 21.0 Å². The van der Waals surface area contributed by atoms with E-state index < -0.39 is 0 Å². The van der Waals surface area contributed by atoms with E-state index >= 15 is 0 Å². The molecule has 0 aliphatic heterocycles. The van der Waals surface area contributed by atoms with Crippen LogP contribution in [0.15, 0.2) is 36.7 Å². The average molecular weight is 216 g/mol. The van der Waals surface area contributed by atoms with Gasteiger partial charge in [0.05, 0.1) is 18.1 Å². The van der Waals surface area contributed by atoms with Crippen LogP contribution in [0.4, 0.5) is 0 Å². The summed E-state index contributed by atoms with van der Waals surface area (Å²) in [4.78, 5) is 1.65. The first-order valence-corrected chi connectivity index (χ1v) is 5.45. The van der Waals surface area contributed by atoms with E-state index in [1.807, 2.05) is 18.2 Å². The Morgan fingerprint density at radius 1 is 1.19 bits per heavy atom. The number of rotatable bonds is 4. The molecule has 16 heavy (non-hydrogen) atoms. The largest absolute Gasteiger partial charge is 0.310 e. The number of aromatic nitrogens is 3. The van der Waals surface area contributed by atoms with Crippen LogP contribution in [0, 0.1) is 0 Å². The summed E-state index contributed by atoms with van der Waals surface area (Å²) >= 11 is 0. The van der Waals surface area contributed by atoms with Crippen molar-refractivity contribution in [3.05, 3.63) is 42.2 Å². The van der Waals surface area contributed by atoms with Gasteiger partial charge in [0.15, 0.2) is 0 Å². The monoisotopic (exact) mass is 216 g/mol. The summed E-state index contributed by atoms with van der Waals surface area (Å²) in [7, 11) is 0. The predicted molar refractivity (Wildman–Crippen MR) is 63.3 cm³/mol. The van der Waals surface area contributed by atoms with Crippen LogP contribution in [-0.2, 0) is 6.54 Å². The Bertz CT molecular complexity index is 434. The summed E-state index contributed by atoms with van der Waals surface area (Å²) in [6.45, 7) is 5.10. The zero-order valence-corrected chi connectivity index (χ0v) is 9.59. The fourth-order valence-corrected chi connectivity index (χ4v) is 1.51. The van der Waals surface area contributed by atoms with Gasteiger partial charge in [-0.1, -0.05) is 32.0 Å². The van der Waals surface area contributed by atoms with Gasteiger partial charge in [0.1, 0.15) is 0 Å². The third-order valence-corrected chi connectivity index (χ3v) is 2.33. The summed E-state index contributed by atoms with van der Waals surface area (Å²) in [6, 6.07) is 8.62. The Labute approximate surface area is 95.3 Å². The molecule has 4 nitrogen and oxygen atoms in total. The highest BCUT2D eigenvalue weighted by molar-refractivity contribution is 5.38. The summed E-state index contributed by atoms with van der Waals surface area (Å²) in [5, 5.41) is 11.7. The van der Waals surface area contributed by atoms with Gasteiger partial charge in [-0.05, 0) is 11.6 Å². The van der Waals surface area contributed by atoms with Crippen molar-refractivity contribution in [1.29, 1.82) is 0 Å². The molecule has 1 N–H and O–H groups in total. The van der Waals surface area contributed by atoms with Crippen LogP contribution >= 0.6 is 0 Å². The molecule has 0 spiro atoms. The van der Waals surface area contributed by atoms with Crippen molar-refractivity contribution >= 4 is 0 Å².